The number of imidazole rings is 1. The summed E-state index contributed by atoms with van der Waals surface area (Å²) in [5.41, 5.74) is 1.99. The number of hydrogen-bond donors (Lipinski definition) is 2. The molecular weight excluding hydrogens is 407 g/mol. The second kappa shape index (κ2) is 7.39. The van der Waals surface area contributed by atoms with E-state index in [-0.39, 0.29) is 25.1 Å². The zero-order valence-corrected chi connectivity index (χ0v) is 15.6. The molecule has 4 heterocycles. The molecule has 1 aliphatic rings. The van der Waals surface area contributed by atoms with E-state index in [9.17, 15) is 22.8 Å². The topological polar surface area (TPSA) is 127 Å². The first-order chi connectivity index (χ1) is 14.2. The summed E-state index contributed by atoms with van der Waals surface area (Å²) in [4.78, 5) is 28.3. The second-order valence-electron chi connectivity index (χ2n) is 7.02. The molecule has 1 saturated heterocycles. The van der Waals surface area contributed by atoms with E-state index in [0.29, 0.717) is 22.6 Å². The van der Waals surface area contributed by atoms with E-state index in [1.807, 2.05) is 5.32 Å². The number of hydrogen-bond acceptors (Lipinski definition) is 7. The number of carbonyl (C=O) groups is 2. The smallest absolute Gasteiger partial charge is 0.345 e. The highest BCUT2D eigenvalue weighted by Crippen LogP contribution is 2.31. The number of aryl methyl sites for hydroxylation is 1. The van der Waals surface area contributed by atoms with Gasteiger partial charge in [-0.3, -0.25) is 9.59 Å². The Labute approximate surface area is 166 Å². The van der Waals surface area contributed by atoms with Crippen molar-refractivity contribution < 1.29 is 27.4 Å². The van der Waals surface area contributed by atoms with E-state index >= 15 is 0 Å². The van der Waals surface area contributed by atoms with Crippen molar-refractivity contribution in [1.82, 2.24) is 35.5 Å². The summed E-state index contributed by atoms with van der Waals surface area (Å²) in [6.07, 6.45) is -1.56. The van der Waals surface area contributed by atoms with Crippen LogP contribution in [0.1, 0.15) is 33.9 Å². The van der Waals surface area contributed by atoms with Crippen LogP contribution in [0.5, 0.6) is 0 Å². The molecule has 0 saturated carbocycles. The largest absolute Gasteiger partial charge is 0.408 e. The molecule has 4 rings (SSSR count). The molecule has 2 N–H and O–H groups in total. The first-order valence-electron chi connectivity index (χ1n) is 8.98. The van der Waals surface area contributed by atoms with Gasteiger partial charge in [-0.15, -0.1) is 0 Å². The minimum atomic E-state index is -4.46. The number of amides is 2. The normalized spacial score (nSPS) is 19.3. The summed E-state index contributed by atoms with van der Waals surface area (Å²) in [7, 11) is 0. The minimum Gasteiger partial charge on any atom is -0.345 e. The van der Waals surface area contributed by atoms with Crippen LogP contribution < -0.4 is 10.6 Å². The van der Waals surface area contributed by atoms with Crippen molar-refractivity contribution in [2.24, 2.45) is 5.92 Å². The fourth-order valence-electron chi connectivity index (χ4n) is 3.27. The highest BCUT2D eigenvalue weighted by Gasteiger charge is 2.47. The summed E-state index contributed by atoms with van der Waals surface area (Å²) in [5.74, 6) is -1.87. The lowest BCUT2D eigenvalue weighted by Crippen LogP contribution is -2.38. The highest BCUT2D eigenvalue weighted by molar-refractivity contribution is 5.92. The number of halogens is 3. The van der Waals surface area contributed by atoms with E-state index in [2.05, 4.69) is 30.3 Å². The maximum absolute atomic E-state index is 12.8. The lowest BCUT2D eigenvalue weighted by Gasteiger charge is -2.13. The molecule has 13 heteroatoms. The average molecular weight is 423 g/mol. The number of fused-ring (bicyclic) bond motifs is 1. The standard InChI is InChI=1S/C17H16F3N7O3/c1-8-14(26-30-25-8)16(29)21-6-11-7-27-13(23-11)3-9(5-22-27)2-10-4-12(17(18,19)20)24-15(10)28/h3,5,7,10,12H,2,4,6H2,1H3,(H,21,29)(H,24,28). The van der Waals surface area contributed by atoms with Gasteiger partial charge in [0.25, 0.3) is 5.91 Å². The SMILES string of the molecule is Cc1nonc1C(=O)NCc1cn2ncc(CC3CC(C(F)(F)F)NC3=O)cc2n1. The summed E-state index contributed by atoms with van der Waals surface area (Å²) < 4.78 is 44.4. The van der Waals surface area contributed by atoms with Gasteiger partial charge in [-0.05, 0) is 36.6 Å². The van der Waals surface area contributed by atoms with Crippen molar-refractivity contribution in [2.75, 3.05) is 0 Å². The van der Waals surface area contributed by atoms with E-state index < -0.39 is 30.0 Å². The molecule has 2 amide bonds. The van der Waals surface area contributed by atoms with E-state index in [4.69, 9.17) is 0 Å². The quantitative estimate of drug-likeness (QED) is 0.626. The molecule has 0 bridgehead atoms. The van der Waals surface area contributed by atoms with Gasteiger partial charge in [0.05, 0.1) is 24.6 Å². The van der Waals surface area contributed by atoms with Gasteiger partial charge in [0.15, 0.2) is 11.3 Å². The molecular formula is C17H16F3N7O3. The lowest BCUT2D eigenvalue weighted by molar-refractivity contribution is -0.154. The third-order valence-corrected chi connectivity index (χ3v) is 4.81. The van der Waals surface area contributed by atoms with Crippen LogP contribution in [0.3, 0.4) is 0 Å². The Morgan fingerprint density at radius 2 is 2.20 bits per heavy atom. The Kier molecular flexibility index (Phi) is 4.87. The van der Waals surface area contributed by atoms with Gasteiger partial charge in [0.1, 0.15) is 11.7 Å². The van der Waals surface area contributed by atoms with Crippen LogP contribution in [-0.2, 0) is 17.8 Å². The lowest BCUT2D eigenvalue weighted by atomic mass is 9.97. The molecule has 3 aromatic rings. The predicted molar refractivity (Wildman–Crippen MR) is 93.0 cm³/mol. The summed E-state index contributed by atoms with van der Waals surface area (Å²) in [6.45, 7) is 1.69. The van der Waals surface area contributed by atoms with Gasteiger partial charge in [0.2, 0.25) is 5.91 Å². The summed E-state index contributed by atoms with van der Waals surface area (Å²) in [5, 5.41) is 15.9. The van der Waals surface area contributed by atoms with Gasteiger partial charge in [-0.2, -0.15) is 18.3 Å². The second-order valence-corrected chi connectivity index (χ2v) is 7.02. The van der Waals surface area contributed by atoms with Crippen LogP contribution in [0.4, 0.5) is 13.2 Å². The Bertz CT molecular complexity index is 1110. The maximum atomic E-state index is 12.8. The average Bonchev–Trinajstić information content (AvgIpc) is 3.38. The Hall–Kier alpha value is -3.51. The number of alkyl halides is 3. The first-order valence-corrected chi connectivity index (χ1v) is 8.98. The van der Waals surface area contributed by atoms with E-state index in [1.165, 1.54) is 10.7 Å². The molecule has 3 aromatic heterocycles. The van der Waals surface area contributed by atoms with Crippen LogP contribution in [0.15, 0.2) is 23.1 Å². The molecule has 1 fully saturated rings. The predicted octanol–water partition coefficient (Wildman–Crippen LogP) is 0.960. The van der Waals surface area contributed by atoms with E-state index in [0.717, 1.165) is 0 Å². The molecule has 0 aliphatic carbocycles. The van der Waals surface area contributed by atoms with Crippen LogP contribution in [-0.4, -0.2) is 48.9 Å². The van der Waals surface area contributed by atoms with Gasteiger partial charge >= 0.3 is 6.18 Å². The number of rotatable bonds is 5. The van der Waals surface area contributed by atoms with Crippen molar-refractivity contribution in [1.29, 1.82) is 0 Å². The molecule has 1 aliphatic heterocycles. The van der Waals surface area contributed by atoms with Crippen LogP contribution >= 0.6 is 0 Å². The molecule has 2 unspecified atom stereocenters. The van der Waals surface area contributed by atoms with E-state index in [1.54, 1.807) is 19.2 Å². The Morgan fingerprint density at radius 1 is 1.40 bits per heavy atom. The number of nitrogens with one attached hydrogen (secondary N) is 2. The third-order valence-electron chi connectivity index (χ3n) is 4.81. The van der Waals surface area contributed by atoms with Crippen LogP contribution in [0.2, 0.25) is 0 Å². The van der Waals surface area contributed by atoms with Crippen molar-refractivity contribution in [3.8, 4) is 0 Å². The highest BCUT2D eigenvalue weighted by atomic mass is 19.4. The van der Waals surface area contributed by atoms with Crippen molar-refractivity contribution in [3.63, 3.8) is 0 Å². The number of carbonyl (C=O) groups excluding carboxylic acids is 2. The number of aromatic nitrogens is 5. The Balaban J connectivity index is 1.42. The fourth-order valence-corrected chi connectivity index (χ4v) is 3.27. The zero-order chi connectivity index (χ0) is 21.5. The third kappa shape index (κ3) is 3.95. The molecule has 30 heavy (non-hydrogen) atoms. The van der Waals surface area contributed by atoms with Crippen molar-refractivity contribution in [2.45, 2.75) is 38.5 Å². The van der Waals surface area contributed by atoms with Crippen molar-refractivity contribution >= 4 is 17.5 Å². The fraction of sp³-hybridized carbons (Fsp3) is 0.412. The minimum absolute atomic E-state index is 0.0752. The Morgan fingerprint density at radius 3 is 2.87 bits per heavy atom. The first kappa shape index (κ1) is 19.8. The van der Waals surface area contributed by atoms with Crippen molar-refractivity contribution in [3.05, 3.63) is 41.1 Å². The molecule has 0 aromatic carbocycles. The zero-order valence-electron chi connectivity index (χ0n) is 15.6. The van der Waals surface area contributed by atoms with Gasteiger partial charge < -0.3 is 10.6 Å². The monoisotopic (exact) mass is 423 g/mol. The van der Waals surface area contributed by atoms with Crippen LogP contribution in [0, 0.1) is 12.8 Å². The van der Waals surface area contributed by atoms with Gasteiger partial charge in [0, 0.05) is 5.92 Å². The summed E-state index contributed by atoms with van der Waals surface area (Å²) in [6, 6.07) is -0.171. The van der Waals surface area contributed by atoms with Crippen LogP contribution in [0.25, 0.3) is 5.65 Å². The molecule has 0 radical (unpaired) electrons. The molecule has 10 nitrogen and oxygen atoms in total. The molecule has 2 atom stereocenters. The maximum Gasteiger partial charge on any atom is 0.408 e. The molecule has 158 valence electrons. The van der Waals surface area contributed by atoms with Gasteiger partial charge in [-0.25, -0.2) is 14.1 Å². The number of nitrogens with zero attached hydrogens (tertiary/aromatic N) is 5. The van der Waals surface area contributed by atoms with Gasteiger partial charge in [-0.1, -0.05) is 5.16 Å². The summed E-state index contributed by atoms with van der Waals surface area (Å²) >= 11 is 0. The molecule has 0 spiro atoms.